The minimum absolute atomic E-state index is 0.135. The van der Waals surface area contributed by atoms with Gasteiger partial charge in [-0.15, -0.1) is 0 Å². The summed E-state index contributed by atoms with van der Waals surface area (Å²) in [6.45, 7) is 1.29. The van der Waals surface area contributed by atoms with E-state index in [0.29, 0.717) is 25.1 Å². The summed E-state index contributed by atoms with van der Waals surface area (Å²) in [4.78, 5) is 23.0. The first-order valence-corrected chi connectivity index (χ1v) is 6.03. The predicted octanol–water partition coefficient (Wildman–Crippen LogP) is 1.31. The number of rotatable bonds is 3. The summed E-state index contributed by atoms with van der Waals surface area (Å²) in [7, 11) is 1.47. The van der Waals surface area contributed by atoms with E-state index >= 15 is 0 Å². The Balaban J connectivity index is 2.36. The average Bonchev–Trinajstić information content (AvgIpc) is 2.93. The summed E-state index contributed by atoms with van der Waals surface area (Å²) in [5.41, 5.74) is -1.66. The van der Waals surface area contributed by atoms with Crippen molar-refractivity contribution in [3.63, 3.8) is 0 Å². The molecule has 0 bridgehead atoms. The van der Waals surface area contributed by atoms with Crippen molar-refractivity contribution in [1.29, 1.82) is 0 Å². The van der Waals surface area contributed by atoms with E-state index in [4.69, 9.17) is 0 Å². The second kappa shape index (κ2) is 5.49. The third kappa shape index (κ3) is 2.60. The molecular formula is C12H13F2N3O3. The van der Waals surface area contributed by atoms with Crippen molar-refractivity contribution >= 4 is 11.6 Å². The van der Waals surface area contributed by atoms with Crippen molar-refractivity contribution in [3.8, 4) is 0 Å². The number of carbonyl (C=O) groups excluding carboxylic acids is 1. The fourth-order valence-corrected chi connectivity index (χ4v) is 2.19. The van der Waals surface area contributed by atoms with Crippen molar-refractivity contribution in [2.75, 3.05) is 20.1 Å². The van der Waals surface area contributed by atoms with Gasteiger partial charge in [-0.3, -0.25) is 14.9 Å². The van der Waals surface area contributed by atoms with Gasteiger partial charge in [-0.25, -0.2) is 4.39 Å². The van der Waals surface area contributed by atoms with Crippen LogP contribution in [0.1, 0.15) is 16.8 Å². The van der Waals surface area contributed by atoms with Gasteiger partial charge >= 0.3 is 5.69 Å². The number of carbonyl (C=O) groups is 1. The highest BCUT2D eigenvalue weighted by Crippen LogP contribution is 2.24. The molecular weight excluding hydrogens is 272 g/mol. The number of benzene rings is 1. The number of amides is 1. The Kier molecular flexibility index (Phi) is 3.93. The second-order valence-electron chi connectivity index (χ2n) is 4.61. The molecule has 1 aromatic carbocycles. The summed E-state index contributed by atoms with van der Waals surface area (Å²) in [5.74, 6) is -3.09. The molecule has 1 heterocycles. The van der Waals surface area contributed by atoms with E-state index in [1.807, 2.05) is 0 Å². The number of hydrogen-bond acceptors (Lipinski definition) is 4. The van der Waals surface area contributed by atoms with Crippen LogP contribution in [0, 0.1) is 21.7 Å². The molecule has 6 nitrogen and oxygen atoms in total. The van der Waals surface area contributed by atoms with Crippen LogP contribution in [0.3, 0.4) is 0 Å². The Morgan fingerprint density at radius 3 is 2.75 bits per heavy atom. The van der Waals surface area contributed by atoms with E-state index in [0.717, 1.165) is 6.54 Å². The maximum Gasteiger partial charge on any atom is 0.308 e. The molecule has 1 aliphatic rings. The van der Waals surface area contributed by atoms with Gasteiger partial charge in [-0.05, 0) is 19.0 Å². The predicted molar refractivity (Wildman–Crippen MR) is 66.4 cm³/mol. The monoisotopic (exact) mass is 285 g/mol. The van der Waals surface area contributed by atoms with Crippen LogP contribution in [-0.4, -0.2) is 41.9 Å². The molecule has 1 atom stereocenters. The number of nitro groups is 1. The molecule has 108 valence electrons. The molecule has 1 unspecified atom stereocenters. The Bertz CT molecular complexity index is 559. The Morgan fingerprint density at radius 2 is 2.20 bits per heavy atom. The van der Waals surface area contributed by atoms with Crippen LogP contribution >= 0.6 is 0 Å². The third-order valence-corrected chi connectivity index (χ3v) is 3.35. The van der Waals surface area contributed by atoms with E-state index in [-0.39, 0.29) is 6.04 Å². The summed E-state index contributed by atoms with van der Waals surface area (Å²) in [6, 6.07) is 1.01. The molecule has 0 spiro atoms. The SMILES string of the molecule is CN(C(=O)c1cc(F)cc([N+](=O)[O-])c1F)C1CCNC1. The van der Waals surface area contributed by atoms with Crippen LogP contribution in [0.2, 0.25) is 0 Å². The molecule has 1 N–H and O–H groups in total. The molecule has 0 aliphatic carbocycles. The van der Waals surface area contributed by atoms with Crippen molar-refractivity contribution in [2.24, 2.45) is 0 Å². The van der Waals surface area contributed by atoms with Crippen LogP contribution in [0.4, 0.5) is 14.5 Å². The fraction of sp³-hybridized carbons (Fsp3) is 0.417. The van der Waals surface area contributed by atoms with Gasteiger partial charge in [0.25, 0.3) is 5.91 Å². The van der Waals surface area contributed by atoms with Gasteiger partial charge in [0.2, 0.25) is 5.82 Å². The largest absolute Gasteiger partial charge is 0.337 e. The molecule has 0 radical (unpaired) electrons. The van der Waals surface area contributed by atoms with E-state index in [1.54, 1.807) is 0 Å². The summed E-state index contributed by atoms with van der Waals surface area (Å²) < 4.78 is 27.2. The normalized spacial score (nSPS) is 18.1. The number of halogens is 2. The Morgan fingerprint density at radius 1 is 1.50 bits per heavy atom. The molecule has 2 rings (SSSR count). The van der Waals surface area contributed by atoms with E-state index in [1.165, 1.54) is 11.9 Å². The number of nitrogens with zero attached hydrogens (tertiary/aromatic N) is 2. The van der Waals surface area contributed by atoms with Gasteiger partial charge in [-0.1, -0.05) is 0 Å². The zero-order valence-electron chi connectivity index (χ0n) is 10.7. The maximum atomic E-state index is 13.9. The highest BCUT2D eigenvalue weighted by atomic mass is 19.1. The van der Waals surface area contributed by atoms with Crippen LogP contribution in [0.25, 0.3) is 0 Å². The highest BCUT2D eigenvalue weighted by molar-refractivity contribution is 5.95. The van der Waals surface area contributed by atoms with Crippen molar-refractivity contribution in [1.82, 2.24) is 10.2 Å². The highest BCUT2D eigenvalue weighted by Gasteiger charge is 2.29. The fourth-order valence-electron chi connectivity index (χ4n) is 2.19. The topological polar surface area (TPSA) is 75.5 Å². The van der Waals surface area contributed by atoms with Crippen molar-refractivity contribution in [3.05, 3.63) is 39.4 Å². The van der Waals surface area contributed by atoms with E-state index in [2.05, 4.69) is 5.32 Å². The molecule has 1 fully saturated rings. The zero-order chi connectivity index (χ0) is 14.9. The maximum absolute atomic E-state index is 13.9. The van der Waals surface area contributed by atoms with Gasteiger partial charge in [0.15, 0.2) is 0 Å². The van der Waals surface area contributed by atoms with E-state index < -0.39 is 33.7 Å². The van der Waals surface area contributed by atoms with Gasteiger partial charge in [0.05, 0.1) is 16.6 Å². The van der Waals surface area contributed by atoms with Gasteiger partial charge < -0.3 is 10.2 Å². The average molecular weight is 285 g/mol. The molecule has 20 heavy (non-hydrogen) atoms. The number of likely N-dealkylation sites (N-methyl/N-ethyl adjacent to an activating group) is 1. The molecule has 0 aromatic heterocycles. The van der Waals surface area contributed by atoms with E-state index in [9.17, 15) is 23.7 Å². The molecule has 1 aliphatic heterocycles. The minimum atomic E-state index is -1.31. The van der Waals surface area contributed by atoms with Crippen LogP contribution in [0.5, 0.6) is 0 Å². The van der Waals surface area contributed by atoms with Crippen LogP contribution < -0.4 is 5.32 Å². The molecule has 8 heteroatoms. The van der Waals surface area contributed by atoms with Crippen LogP contribution in [-0.2, 0) is 0 Å². The Hall–Kier alpha value is -2.09. The number of hydrogen-bond donors (Lipinski definition) is 1. The summed E-state index contributed by atoms with van der Waals surface area (Å²) in [5, 5.41) is 13.7. The third-order valence-electron chi connectivity index (χ3n) is 3.35. The first-order valence-electron chi connectivity index (χ1n) is 6.03. The standard InChI is InChI=1S/C12H13F2N3O3/c1-16(8-2-3-15-6-8)12(18)9-4-7(13)5-10(11(9)14)17(19)20/h4-5,8,15H,2-3,6H2,1H3. The second-order valence-corrected chi connectivity index (χ2v) is 4.61. The van der Waals surface area contributed by atoms with Gasteiger partial charge in [0.1, 0.15) is 5.82 Å². The minimum Gasteiger partial charge on any atom is -0.337 e. The first kappa shape index (κ1) is 14.3. The molecule has 1 amide bonds. The number of nitro benzene ring substituents is 1. The summed E-state index contributed by atoms with van der Waals surface area (Å²) >= 11 is 0. The number of nitrogens with one attached hydrogen (secondary N) is 1. The summed E-state index contributed by atoms with van der Waals surface area (Å²) in [6.07, 6.45) is 0.696. The van der Waals surface area contributed by atoms with Crippen LogP contribution in [0.15, 0.2) is 12.1 Å². The molecule has 0 saturated carbocycles. The zero-order valence-corrected chi connectivity index (χ0v) is 10.7. The quantitative estimate of drug-likeness (QED) is 0.671. The lowest BCUT2D eigenvalue weighted by Crippen LogP contribution is -2.38. The lowest BCUT2D eigenvalue weighted by atomic mass is 10.1. The molecule has 1 aromatic rings. The lowest BCUT2D eigenvalue weighted by Gasteiger charge is -2.23. The van der Waals surface area contributed by atoms with Crippen molar-refractivity contribution in [2.45, 2.75) is 12.5 Å². The Labute approximate surface area is 113 Å². The van der Waals surface area contributed by atoms with Gasteiger partial charge in [0, 0.05) is 19.6 Å². The smallest absolute Gasteiger partial charge is 0.308 e. The first-order chi connectivity index (χ1) is 9.41. The van der Waals surface area contributed by atoms with Gasteiger partial charge in [-0.2, -0.15) is 4.39 Å². The van der Waals surface area contributed by atoms with Crippen molar-refractivity contribution < 1.29 is 18.5 Å². The lowest BCUT2D eigenvalue weighted by molar-refractivity contribution is -0.387. The molecule has 1 saturated heterocycles.